The Morgan fingerprint density at radius 3 is 2.57 bits per heavy atom. The van der Waals surface area contributed by atoms with Gasteiger partial charge in [-0.3, -0.25) is 9.59 Å². The Hall–Kier alpha value is -2.77. The Kier molecular flexibility index (Phi) is 5.23. The number of carbonyl (C=O) groups is 2. The standard InChI is InChI=1S/C23H23N3O3S/c27-22(16-5-2-1-3-6-16)26-10-8-17(15-26)19-18-7-4-9-24-21(18)30-20(19)23(28)25-11-13-29-14-12-25/h1-7,9,17H,8,10-15H2/t17-/m1/s1. The van der Waals surface area contributed by atoms with Crippen LogP contribution in [0, 0.1) is 0 Å². The molecular formula is C23H23N3O3S. The lowest BCUT2D eigenvalue weighted by Gasteiger charge is -2.27. The molecule has 2 saturated heterocycles. The fourth-order valence-corrected chi connectivity index (χ4v) is 5.57. The molecular weight excluding hydrogens is 398 g/mol. The van der Waals surface area contributed by atoms with Crippen molar-refractivity contribution in [1.82, 2.24) is 14.8 Å². The molecule has 2 aliphatic rings. The van der Waals surface area contributed by atoms with Gasteiger partial charge in [0.1, 0.15) is 4.83 Å². The zero-order chi connectivity index (χ0) is 20.5. The summed E-state index contributed by atoms with van der Waals surface area (Å²) in [5, 5.41) is 1.04. The SMILES string of the molecule is O=C(c1ccccc1)N1CC[C@@H](c2c(C(=O)N3CCOCC3)sc3ncccc23)C1. The predicted octanol–water partition coefficient (Wildman–Crippen LogP) is 3.40. The van der Waals surface area contributed by atoms with Crippen LogP contribution in [-0.2, 0) is 4.74 Å². The summed E-state index contributed by atoms with van der Waals surface area (Å²) in [6.07, 6.45) is 2.62. The highest BCUT2D eigenvalue weighted by molar-refractivity contribution is 7.20. The number of nitrogens with zero attached hydrogens (tertiary/aromatic N) is 3. The van der Waals surface area contributed by atoms with Crippen molar-refractivity contribution in [2.75, 3.05) is 39.4 Å². The normalized spacial score (nSPS) is 19.4. The summed E-state index contributed by atoms with van der Waals surface area (Å²) in [5.74, 6) is 0.247. The minimum atomic E-state index is 0.0526. The highest BCUT2D eigenvalue weighted by Crippen LogP contribution is 2.40. The van der Waals surface area contributed by atoms with Gasteiger partial charge in [0.05, 0.1) is 18.1 Å². The van der Waals surface area contributed by atoms with E-state index >= 15 is 0 Å². The van der Waals surface area contributed by atoms with Crippen LogP contribution in [0.1, 0.15) is 37.9 Å². The molecule has 0 aliphatic carbocycles. The molecule has 0 unspecified atom stereocenters. The number of fused-ring (bicyclic) bond motifs is 1. The van der Waals surface area contributed by atoms with E-state index < -0.39 is 0 Å². The lowest BCUT2D eigenvalue weighted by Crippen LogP contribution is -2.40. The number of likely N-dealkylation sites (tertiary alicyclic amines) is 1. The monoisotopic (exact) mass is 421 g/mol. The summed E-state index contributed by atoms with van der Waals surface area (Å²) in [4.78, 5) is 36.2. The molecule has 2 aromatic heterocycles. The third-order valence-corrected chi connectivity index (χ3v) is 7.02. The molecule has 1 aromatic carbocycles. The fourth-order valence-electron chi connectivity index (χ4n) is 4.37. The minimum absolute atomic E-state index is 0.0526. The van der Waals surface area contributed by atoms with Gasteiger partial charge in [-0.15, -0.1) is 11.3 Å². The molecule has 7 heteroatoms. The van der Waals surface area contributed by atoms with E-state index in [-0.39, 0.29) is 17.7 Å². The van der Waals surface area contributed by atoms with E-state index in [1.165, 1.54) is 11.3 Å². The highest BCUT2D eigenvalue weighted by atomic mass is 32.1. The van der Waals surface area contributed by atoms with Crippen molar-refractivity contribution in [2.45, 2.75) is 12.3 Å². The second kappa shape index (κ2) is 8.16. The molecule has 0 N–H and O–H groups in total. The lowest BCUT2D eigenvalue weighted by molar-refractivity contribution is 0.0305. The Morgan fingerprint density at radius 2 is 1.77 bits per heavy atom. The quantitative estimate of drug-likeness (QED) is 0.650. The van der Waals surface area contributed by atoms with Gasteiger partial charge in [0.2, 0.25) is 0 Å². The number of ether oxygens (including phenoxy) is 1. The molecule has 0 radical (unpaired) electrons. The number of aromatic nitrogens is 1. The molecule has 0 saturated carbocycles. The Morgan fingerprint density at radius 1 is 0.967 bits per heavy atom. The molecule has 2 fully saturated rings. The summed E-state index contributed by atoms with van der Waals surface area (Å²) in [7, 11) is 0. The zero-order valence-electron chi connectivity index (χ0n) is 16.6. The van der Waals surface area contributed by atoms with Crippen molar-refractivity contribution >= 4 is 33.4 Å². The smallest absolute Gasteiger partial charge is 0.264 e. The Bertz CT molecular complexity index is 1080. The summed E-state index contributed by atoms with van der Waals surface area (Å²) in [6, 6.07) is 13.4. The van der Waals surface area contributed by atoms with E-state index in [1.54, 1.807) is 6.20 Å². The lowest BCUT2D eigenvalue weighted by atomic mass is 9.95. The predicted molar refractivity (Wildman–Crippen MR) is 116 cm³/mol. The number of thiophene rings is 1. The molecule has 5 rings (SSSR count). The van der Waals surface area contributed by atoms with Crippen LogP contribution in [0.15, 0.2) is 48.7 Å². The summed E-state index contributed by atoms with van der Waals surface area (Å²) in [5.41, 5.74) is 1.77. The number of amides is 2. The summed E-state index contributed by atoms with van der Waals surface area (Å²) >= 11 is 1.47. The van der Waals surface area contributed by atoms with Crippen LogP contribution in [0.3, 0.4) is 0 Å². The van der Waals surface area contributed by atoms with E-state index in [1.807, 2.05) is 52.3 Å². The molecule has 2 amide bonds. The van der Waals surface area contributed by atoms with Crippen molar-refractivity contribution in [3.05, 3.63) is 64.7 Å². The average molecular weight is 422 g/mol. The molecule has 1 atom stereocenters. The summed E-state index contributed by atoms with van der Waals surface area (Å²) < 4.78 is 5.41. The van der Waals surface area contributed by atoms with Gasteiger partial charge in [0.15, 0.2) is 0 Å². The van der Waals surface area contributed by atoms with Gasteiger partial charge in [0.25, 0.3) is 11.8 Å². The largest absolute Gasteiger partial charge is 0.378 e. The van der Waals surface area contributed by atoms with Gasteiger partial charge in [0, 0.05) is 49.2 Å². The van der Waals surface area contributed by atoms with Gasteiger partial charge in [-0.05, 0) is 30.2 Å². The van der Waals surface area contributed by atoms with Crippen LogP contribution in [-0.4, -0.2) is 66.0 Å². The fraction of sp³-hybridized carbons (Fsp3) is 0.348. The van der Waals surface area contributed by atoms with E-state index in [0.29, 0.717) is 45.0 Å². The molecule has 4 heterocycles. The summed E-state index contributed by atoms with van der Waals surface area (Å²) in [6.45, 7) is 3.70. The van der Waals surface area contributed by atoms with Crippen molar-refractivity contribution < 1.29 is 14.3 Å². The van der Waals surface area contributed by atoms with E-state index in [9.17, 15) is 9.59 Å². The van der Waals surface area contributed by atoms with Crippen LogP contribution in [0.4, 0.5) is 0 Å². The van der Waals surface area contributed by atoms with Gasteiger partial charge in [-0.1, -0.05) is 24.3 Å². The van der Waals surface area contributed by atoms with Gasteiger partial charge in [-0.2, -0.15) is 0 Å². The Labute approximate surface area is 179 Å². The Balaban J connectivity index is 1.46. The maximum absolute atomic E-state index is 13.4. The molecule has 154 valence electrons. The van der Waals surface area contributed by atoms with Gasteiger partial charge >= 0.3 is 0 Å². The molecule has 0 spiro atoms. The van der Waals surface area contributed by atoms with Crippen molar-refractivity contribution in [1.29, 1.82) is 0 Å². The van der Waals surface area contributed by atoms with Crippen molar-refractivity contribution in [3.63, 3.8) is 0 Å². The van der Waals surface area contributed by atoms with Crippen LogP contribution >= 0.6 is 11.3 Å². The first-order chi connectivity index (χ1) is 14.7. The second-order valence-electron chi connectivity index (χ2n) is 7.71. The number of carbonyl (C=O) groups excluding carboxylic acids is 2. The third-order valence-electron chi connectivity index (χ3n) is 5.90. The molecule has 6 nitrogen and oxygen atoms in total. The second-order valence-corrected chi connectivity index (χ2v) is 8.71. The van der Waals surface area contributed by atoms with Crippen LogP contribution in [0.5, 0.6) is 0 Å². The number of hydrogen-bond acceptors (Lipinski definition) is 5. The molecule has 2 aliphatic heterocycles. The molecule has 30 heavy (non-hydrogen) atoms. The first-order valence-electron chi connectivity index (χ1n) is 10.3. The number of pyridine rings is 1. The number of rotatable bonds is 3. The zero-order valence-corrected chi connectivity index (χ0v) is 17.4. The van der Waals surface area contributed by atoms with E-state index in [2.05, 4.69) is 4.98 Å². The first-order valence-corrected chi connectivity index (χ1v) is 11.1. The third kappa shape index (κ3) is 3.48. The van der Waals surface area contributed by atoms with Gasteiger partial charge in [-0.25, -0.2) is 4.98 Å². The molecule has 3 aromatic rings. The topological polar surface area (TPSA) is 62.7 Å². The van der Waals surface area contributed by atoms with Crippen LogP contribution < -0.4 is 0 Å². The van der Waals surface area contributed by atoms with E-state index in [4.69, 9.17) is 4.74 Å². The van der Waals surface area contributed by atoms with Crippen LogP contribution in [0.2, 0.25) is 0 Å². The maximum atomic E-state index is 13.4. The van der Waals surface area contributed by atoms with Crippen molar-refractivity contribution in [3.8, 4) is 0 Å². The maximum Gasteiger partial charge on any atom is 0.264 e. The molecule has 0 bridgehead atoms. The van der Waals surface area contributed by atoms with Crippen LogP contribution in [0.25, 0.3) is 10.2 Å². The number of morpholine rings is 1. The van der Waals surface area contributed by atoms with E-state index in [0.717, 1.165) is 27.1 Å². The number of hydrogen-bond donors (Lipinski definition) is 0. The first kappa shape index (κ1) is 19.2. The van der Waals surface area contributed by atoms with Gasteiger partial charge < -0.3 is 14.5 Å². The average Bonchev–Trinajstić information content (AvgIpc) is 3.44. The minimum Gasteiger partial charge on any atom is -0.378 e. The van der Waals surface area contributed by atoms with Crippen molar-refractivity contribution in [2.24, 2.45) is 0 Å². The number of benzene rings is 1. The highest BCUT2D eigenvalue weighted by Gasteiger charge is 2.34.